The van der Waals surface area contributed by atoms with E-state index in [1.807, 2.05) is 0 Å². The molecule has 2 aliphatic rings. The zero-order chi connectivity index (χ0) is 12.1. The van der Waals surface area contributed by atoms with Gasteiger partial charge in [0.15, 0.2) is 0 Å². The van der Waals surface area contributed by atoms with Gasteiger partial charge in [0.05, 0.1) is 0 Å². The molecule has 0 aromatic heterocycles. The molecule has 0 aromatic rings. The molecule has 0 bridgehead atoms. The second kappa shape index (κ2) is 6.72. The van der Waals surface area contributed by atoms with Crippen molar-refractivity contribution in [2.24, 2.45) is 0 Å². The maximum absolute atomic E-state index is 3.73. The first-order chi connectivity index (χ1) is 8.31. The highest BCUT2D eigenvalue weighted by Crippen LogP contribution is 2.23. The topological polar surface area (TPSA) is 18.5 Å². The minimum absolute atomic E-state index is 0.742. The van der Waals surface area contributed by atoms with Crippen molar-refractivity contribution in [1.82, 2.24) is 15.1 Å². The van der Waals surface area contributed by atoms with Crippen LogP contribution in [-0.2, 0) is 0 Å². The van der Waals surface area contributed by atoms with Gasteiger partial charge in [-0.1, -0.05) is 26.2 Å². The predicted molar refractivity (Wildman–Crippen MR) is 73.4 cm³/mol. The first-order valence-corrected chi connectivity index (χ1v) is 7.47. The summed E-state index contributed by atoms with van der Waals surface area (Å²) in [5.74, 6) is 0. The molecular formula is C14H29N3. The number of piperazine rings is 1. The highest BCUT2D eigenvalue weighted by Gasteiger charge is 2.29. The monoisotopic (exact) mass is 239 g/mol. The van der Waals surface area contributed by atoms with Gasteiger partial charge < -0.3 is 10.2 Å². The quantitative estimate of drug-likeness (QED) is 0.754. The lowest BCUT2D eigenvalue weighted by Crippen LogP contribution is -2.55. The van der Waals surface area contributed by atoms with Crippen molar-refractivity contribution >= 4 is 0 Å². The lowest BCUT2D eigenvalue weighted by Gasteiger charge is -2.41. The van der Waals surface area contributed by atoms with Crippen LogP contribution in [0.15, 0.2) is 0 Å². The Morgan fingerprint density at radius 2 is 1.71 bits per heavy atom. The van der Waals surface area contributed by atoms with E-state index in [1.165, 1.54) is 58.3 Å². The SMILES string of the molecule is CCNC1CCCCCC1N1CCN(C)CC1. The van der Waals surface area contributed by atoms with E-state index >= 15 is 0 Å². The predicted octanol–water partition coefficient (Wildman–Crippen LogP) is 1.54. The molecule has 0 aromatic carbocycles. The summed E-state index contributed by atoms with van der Waals surface area (Å²) in [4.78, 5) is 5.20. The maximum Gasteiger partial charge on any atom is 0.0250 e. The summed E-state index contributed by atoms with van der Waals surface area (Å²) in [5.41, 5.74) is 0. The maximum atomic E-state index is 3.73. The van der Waals surface area contributed by atoms with Crippen molar-refractivity contribution in [2.75, 3.05) is 39.8 Å². The van der Waals surface area contributed by atoms with E-state index in [1.54, 1.807) is 0 Å². The summed E-state index contributed by atoms with van der Waals surface area (Å²) in [5, 5.41) is 3.73. The van der Waals surface area contributed by atoms with Crippen molar-refractivity contribution < 1.29 is 0 Å². The lowest BCUT2D eigenvalue weighted by molar-refractivity contribution is 0.0867. The lowest BCUT2D eigenvalue weighted by atomic mass is 10.0. The summed E-state index contributed by atoms with van der Waals surface area (Å²) in [7, 11) is 2.24. The Hall–Kier alpha value is -0.120. The first kappa shape index (κ1) is 13.3. The minimum Gasteiger partial charge on any atom is -0.313 e. The van der Waals surface area contributed by atoms with Crippen LogP contribution in [0.2, 0.25) is 0 Å². The smallest absolute Gasteiger partial charge is 0.0250 e. The van der Waals surface area contributed by atoms with Gasteiger partial charge in [-0.25, -0.2) is 0 Å². The third-order valence-corrected chi connectivity index (χ3v) is 4.45. The summed E-state index contributed by atoms with van der Waals surface area (Å²) in [6.45, 7) is 8.39. The van der Waals surface area contributed by atoms with Gasteiger partial charge in [0.2, 0.25) is 0 Å². The second-order valence-corrected chi connectivity index (χ2v) is 5.71. The zero-order valence-corrected chi connectivity index (χ0v) is 11.6. The fourth-order valence-electron chi connectivity index (χ4n) is 3.38. The van der Waals surface area contributed by atoms with E-state index < -0.39 is 0 Å². The molecule has 0 spiro atoms. The van der Waals surface area contributed by atoms with Gasteiger partial charge in [0.1, 0.15) is 0 Å². The summed E-state index contributed by atoms with van der Waals surface area (Å²) >= 11 is 0. The number of hydrogen-bond donors (Lipinski definition) is 1. The summed E-state index contributed by atoms with van der Waals surface area (Å²) in [6, 6.07) is 1.54. The van der Waals surface area contributed by atoms with Crippen LogP contribution in [0.25, 0.3) is 0 Å². The summed E-state index contributed by atoms with van der Waals surface area (Å²) in [6.07, 6.45) is 7.07. The van der Waals surface area contributed by atoms with Gasteiger partial charge >= 0.3 is 0 Å². The molecule has 17 heavy (non-hydrogen) atoms. The molecule has 1 saturated carbocycles. The van der Waals surface area contributed by atoms with Crippen LogP contribution in [0.1, 0.15) is 39.0 Å². The Labute approximate surface area is 107 Å². The largest absolute Gasteiger partial charge is 0.313 e. The van der Waals surface area contributed by atoms with Crippen molar-refractivity contribution in [3.05, 3.63) is 0 Å². The van der Waals surface area contributed by atoms with Crippen LogP contribution in [0.3, 0.4) is 0 Å². The molecular weight excluding hydrogens is 210 g/mol. The Bertz CT molecular complexity index is 212. The van der Waals surface area contributed by atoms with Crippen LogP contribution >= 0.6 is 0 Å². The second-order valence-electron chi connectivity index (χ2n) is 5.71. The Balaban J connectivity index is 1.93. The highest BCUT2D eigenvalue weighted by atomic mass is 15.3. The van der Waals surface area contributed by atoms with E-state index in [0.29, 0.717) is 0 Å². The average molecular weight is 239 g/mol. The van der Waals surface area contributed by atoms with E-state index in [2.05, 4.69) is 29.1 Å². The van der Waals surface area contributed by atoms with Gasteiger partial charge in [0.25, 0.3) is 0 Å². The normalized spacial score (nSPS) is 33.5. The molecule has 1 saturated heterocycles. The Morgan fingerprint density at radius 3 is 2.41 bits per heavy atom. The van der Waals surface area contributed by atoms with Crippen LogP contribution in [0.5, 0.6) is 0 Å². The molecule has 2 fully saturated rings. The molecule has 3 nitrogen and oxygen atoms in total. The minimum atomic E-state index is 0.742. The molecule has 2 unspecified atom stereocenters. The van der Waals surface area contributed by atoms with Crippen LogP contribution in [0, 0.1) is 0 Å². The van der Waals surface area contributed by atoms with Crippen molar-refractivity contribution in [3.63, 3.8) is 0 Å². The fourth-order valence-corrected chi connectivity index (χ4v) is 3.38. The standard InChI is InChI=1S/C14H29N3/c1-3-15-13-7-5-4-6-8-14(13)17-11-9-16(2)10-12-17/h13-15H,3-12H2,1-2H3. The summed E-state index contributed by atoms with van der Waals surface area (Å²) < 4.78 is 0. The number of rotatable bonds is 3. The molecule has 2 rings (SSSR count). The van der Waals surface area contributed by atoms with Crippen LogP contribution < -0.4 is 5.32 Å². The van der Waals surface area contributed by atoms with E-state index in [9.17, 15) is 0 Å². The van der Waals surface area contributed by atoms with Gasteiger partial charge in [-0.2, -0.15) is 0 Å². The molecule has 0 amide bonds. The van der Waals surface area contributed by atoms with Gasteiger partial charge in [-0.3, -0.25) is 4.90 Å². The molecule has 2 atom stereocenters. The molecule has 1 N–H and O–H groups in total. The molecule has 0 radical (unpaired) electrons. The van der Waals surface area contributed by atoms with Crippen molar-refractivity contribution in [3.8, 4) is 0 Å². The van der Waals surface area contributed by atoms with Crippen molar-refractivity contribution in [2.45, 2.75) is 51.1 Å². The molecule has 1 heterocycles. The van der Waals surface area contributed by atoms with E-state index in [0.717, 1.165) is 18.6 Å². The Morgan fingerprint density at radius 1 is 1.00 bits per heavy atom. The van der Waals surface area contributed by atoms with Crippen molar-refractivity contribution in [1.29, 1.82) is 0 Å². The highest BCUT2D eigenvalue weighted by molar-refractivity contribution is 4.88. The average Bonchev–Trinajstić information content (AvgIpc) is 2.56. The molecule has 3 heteroatoms. The molecule has 1 aliphatic heterocycles. The number of nitrogens with one attached hydrogen (secondary N) is 1. The zero-order valence-electron chi connectivity index (χ0n) is 11.6. The van der Waals surface area contributed by atoms with Gasteiger partial charge in [-0.05, 0) is 26.4 Å². The number of nitrogens with zero attached hydrogens (tertiary/aromatic N) is 2. The molecule has 100 valence electrons. The third kappa shape index (κ3) is 3.67. The number of likely N-dealkylation sites (N-methyl/N-ethyl adjacent to an activating group) is 2. The first-order valence-electron chi connectivity index (χ1n) is 7.47. The third-order valence-electron chi connectivity index (χ3n) is 4.45. The van der Waals surface area contributed by atoms with Gasteiger partial charge in [-0.15, -0.1) is 0 Å². The molecule has 1 aliphatic carbocycles. The number of hydrogen-bond acceptors (Lipinski definition) is 3. The van der Waals surface area contributed by atoms with E-state index in [-0.39, 0.29) is 0 Å². The van der Waals surface area contributed by atoms with E-state index in [4.69, 9.17) is 0 Å². The van der Waals surface area contributed by atoms with Gasteiger partial charge in [0, 0.05) is 38.3 Å². The Kier molecular flexibility index (Phi) is 5.26. The van der Waals surface area contributed by atoms with Crippen LogP contribution in [-0.4, -0.2) is 61.7 Å². The van der Waals surface area contributed by atoms with Crippen LogP contribution in [0.4, 0.5) is 0 Å². The fraction of sp³-hybridized carbons (Fsp3) is 1.00.